The number of amides is 1. The van der Waals surface area contributed by atoms with Gasteiger partial charge in [-0.1, -0.05) is 30.3 Å². The molecule has 0 saturated carbocycles. The molecule has 0 radical (unpaired) electrons. The number of nitrogens with one attached hydrogen (secondary N) is 1. The number of aromatic nitrogens is 2. The SMILES string of the molecule is Cc1cccc(Nc2ncc(C(=O)N3CCCc4ccccc43)cn2)c1C. The zero-order valence-corrected chi connectivity index (χ0v) is 15.6. The van der Waals surface area contributed by atoms with E-state index < -0.39 is 0 Å². The van der Waals surface area contributed by atoms with Gasteiger partial charge in [0.15, 0.2) is 0 Å². The highest BCUT2D eigenvalue weighted by atomic mass is 16.2. The molecule has 0 atom stereocenters. The molecule has 1 amide bonds. The third-order valence-electron chi connectivity index (χ3n) is 5.11. The lowest BCUT2D eigenvalue weighted by Gasteiger charge is -2.29. The summed E-state index contributed by atoms with van der Waals surface area (Å²) in [6.07, 6.45) is 5.17. The highest BCUT2D eigenvalue weighted by Crippen LogP contribution is 2.28. The van der Waals surface area contributed by atoms with Gasteiger partial charge in [0, 0.05) is 30.3 Å². The molecule has 5 nitrogen and oxygen atoms in total. The summed E-state index contributed by atoms with van der Waals surface area (Å²) in [5, 5.41) is 3.23. The molecule has 27 heavy (non-hydrogen) atoms. The van der Waals surface area contributed by atoms with Gasteiger partial charge in [0.2, 0.25) is 5.95 Å². The topological polar surface area (TPSA) is 58.1 Å². The van der Waals surface area contributed by atoms with Gasteiger partial charge in [0.1, 0.15) is 0 Å². The predicted molar refractivity (Wildman–Crippen MR) is 108 cm³/mol. The van der Waals surface area contributed by atoms with E-state index in [1.807, 2.05) is 35.2 Å². The zero-order chi connectivity index (χ0) is 18.8. The molecule has 0 aliphatic carbocycles. The van der Waals surface area contributed by atoms with E-state index in [1.165, 1.54) is 11.1 Å². The molecule has 0 spiro atoms. The van der Waals surface area contributed by atoms with Gasteiger partial charge in [-0.2, -0.15) is 0 Å². The monoisotopic (exact) mass is 358 g/mol. The molecular weight excluding hydrogens is 336 g/mol. The molecule has 5 heteroatoms. The summed E-state index contributed by atoms with van der Waals surface area (Å²) < 4.78 is 0. The second-order valence-electron chi connectivity index (χ2n) is 6.86. The Hall–Kier alpha value is -3.21. The standard InChI is InChI=1S/C22H22N4O/c1-15-7-5-10-19(16(15)2)25-22-23-13-18(14-24-22)21(27)26-12-6-9-17-8-3-4-11-20(17)26/h3-5,7-8,10-11,13-14H,6,9,12H2,1-2H3,(H,23,24,25). The lowest BCUT2D eigenvalue weighted by molar-refractivity contribution is 0.0984. The van der Waals surface area contributed by atoms with Crippen LogP contribution in [0.5, 0.6) is 0 Å². The maximum Gasteiger partial charge on any atom is 0.261 e. The number of aryl methyl sites for hydroxylation is 2. The Balaban J connectivity index is 1.54. The van der Waals surface area contributed by atoms with Gasteiger partial charge in [0.25, 0.3) is 5.91 Å². The Labute approximate surface area is 159 Å². The van der Waals surface area contributed by atoms with Gasteiger partial charge in [-0.15, -0.1) is 0 Å². The molecule has 136 valence electrons. The first kappa shape index (κ1) is 17.2. The molecule has 2 aromatic carbocycles. The van der Waals surface area contributed by atoms with Crippen LogP contribution in [-0.4, -0.2) is 22.4 Å². The average molecular weight is 358 g/mol. The molecule has 3 aromatic rings. The third kappa shape index (κ3) is 3.40. The normalized spacial score (nSPS) is 13.2. The molecular formula is C22H22N4O. The van der Waals surface area contributed by atoms with E-state index in [2.05, 4.69) is 41.3 Å². The second kappa shape index (κ2) is 7.19. The number of carbonyl (C=O) groups is 1. The number of anilines is 3. The lowest BCUT2D eigenvalue weighted by Crippen LogP contribution is -2.35. The molecule has 1 aliphatic rings. The minimum Gasteiger partial charge on any atom is -0.324 e. The van der Waals surface area contributed by atoms with Gasteiger partial charge in [-0.3, -0.25) is 4.79 Å². The van der Waals surface area contributed by atoms with Crippen molar-refractivity contribution in [3.63, 3.8) is 0 Å². The maximum atomic E-state index is 13.0. The summed E-state index contributed by atoms with van der Waals surface area (Å²) in [6.45, 7) is 4.85. The van der Waals surface area contributed by atoms with Crippen LogP contribution in [0.1, 0.15) is 33.5 Å². The Kier molecular flexibility index (Phi) is 4.59. The number of para-hydroxylation sites is 1. The van der Waals surface area contributed by atoms with E-state index in [4.69, 9.17) is 0 Å². The number of benzene rings is 2. The Bertz CT molecular complexity index is 982. The van der Waals surface area contributed by atoms with Crippen molar-refractivity contribution >= 4 is 23.2 Å². The van der Waals surface area contributed by atoms with Crippen LogP contribution in [-0.2, 0) is 6.42 Å². The summed E-state index contributed by atoms with van der Waals surface area (Å²) in [5.41, 5.74) is 6.04. The number of rotatable bonds is 3. The van der Waals surface area contributed by atoms with Crippen LogP contribution in [0.2, 0.25) is 0 Å². The molecule has 1 aliphatic heterocycles. The van der Waals surface area contributed by atoms with Crippen molar-refractivity contribution in [2.24, 2.45) is 0 Å². The molecule has 2 heterocycles. The fraction of sp³-hybridized carbons (Fsp3) is 0.227. The lowest BCUT2D eigenvalue weighted by atomic mass is 10.0. The van der Waals surface area contributed by atoms with E-state index >= 15 is 0 Å². The molecule has 0 fully saturated rings. The van der Waals surface area contributed by atoms with E-state index in [1.54, 1.807) is 12.4 Å². The molecule has 1 N–H and O–H groups in total. The van der Waals surface area contributed by atoms with Crippen molar-refractivity contribution in [2.45, 2.75) is 26.7 Å². The highest BCUT2D eigenvalue weighted by molar-refractivity contribution is 6.06. The third-order valence-corrected chi connectivity index (χ3v) is 5.11. The average Bonchev–Trinajstić information content (AvgIpc) is 2.71. The van der Waals surface area contributed by atoms with Crippen LogP contribution in [0.3, 0.4) is 0 Å². The van der Waals surface area contributed by atoms with E-state index in [-0.39, 0.29) is 5.91 Å². The number of carbonyl (C=O) groups excluding carboxylic acids is 1. The van der Waals surface area contributed by atoms with E-state index in [0.29, 0.717) is 11.5 Å². The minimum atomic E-state index is -0.0552. The first-order valence-electron chi connectivity index (χ1n) is 9.18. The molecule has 0 bridgehead atoms. The highest BCUT2D eigenvalue weighted by Gasteiger charge is 2.23. The molecule has 0 unspecified atom stereocenters. The van der Waals surface area contributed by atoms with Crippen LogP contribution in [0.25, 0.3) is 0 Å². The second-order valence-corrected chi connectivity index (χ2v) is 6.86. The van der Waals surface area contributed by atoms with E-state index in [9.17, 15) is 4.79 Å². The molecule has 0 saturated heterocycles. The van der Waals surface area contributed by atoms with Crippen molar-refractivity contribution in [1.82, 2.24) is 9.97 Å². The Morgan fingerprint density at radius 3 is 2.63 bits per heavy atom. The van der Waals surface area contributed by atoms with Gasteiger partial charge in [0.05, 0.1) is 5.56 Å². The van der Waals surface area contributed by atoms with Gasteiger partial charge >= 0.3 is 0 Å². The van der Waals surface area contributed by atoms with Crippen LogP contribution >= 0.6 is 0 Å². The summed E-state index contributed by atoms with van der Waals surface area (Å²) in [5.74, 6) is 0.430. The zero-order valence-electron chi connectivity index (χ0n) is 15.6. The van der Waals surface area contributed by atoms with Crippen molar-refractivity contribution in [1.29, 1.82) is 0 Å². The van der Waals surface area contributed by atoms with Crippen LogP contribution in [0.4, 0.5) is 17.3 Å². The smallest absolute Gasteiger partial charge is 0.261 e. The fourth-order valence-corrected chi connectivity index (χ4v) is 3.41. The summed E-state index contributed by atoms with van der Waals surface area (Å²) >= 11 is 0. The van der Waals surface area contributed by atoms with Gasteiger partial charge in [-0.05, 0) is 55.5 Å². The number of hydrogen-bond donors (Lipinski definition) is 1. The summed E-state index contributed by atoms with van der Waals surface area (Å²) in [4.78, 5) is 23.5. The first-order chi connectivity index (χ1) is 13.1. The van der Waals surface area contributed by atoms with Crippen LogP contribution < -0.4 is 10.2 Å². The largest absolute Gasteiger partial charge is 0.324 e. The minimum absolute atomic E-state index is 0.0552. The quantitative estimate of drug-likeness (QED) is 0.752. The maximum absolute atomic E-state index is 13.0. The van der Waals surface area contributed by atoms with Crippen molar-refractivity contribution in [2.75, 3.05) is 16.8 Å². The van der Waals surface area contributed by atoms with E-state index in [0.717, 1.165) is 36.3 Å². The Morgan fingerprint density at radius 1 is 1.04 bits per heavy atom. The van der Waals surface area contributed by atoms with Crippen LogP contribution in [0, 0.1) is 13.8 Å². The first-order valence-corrected chi connectivity index (χ1v) is 9.18. The predicted octanol–water partition coefficient (Wildman–Crippen LogP) is 4.43. The number of hydrogen-bond acceptors (Lipinski definition) is 4. The Morgan fingerprint density at radius 2 is 1.81 bits per heavy atom. The van der Waals surface area contributed by atoms with Crippen molar-refractivity contribution in [3.05, 3.63) is 77.1 Å². The van der Waals surface area contributed by atoms with Gasteiger partial charge in [-0.25, -0.2) is 9.97 Å². The summed E-state index contributed by atoms with van der Waals surface area (Å²) in [7, 11) is 0. The summed E-state index contributed by atoms with van der Waals surface area (Å²) in [6, 6.07) is 14.1. The molecule has 1 aromatic heterocycles. The molecule has 4 rings (SSSR count). The fourth-order valence-electron chi connectivity index (χ4n) is 3.41. The number of fused-ring (bicyclic) bond motifs is 1. The number of nitrogens with zero attached hydrogens (tertiary/aromatic N) is 3. The van der Waals surface area contributed by atoms with Crippen molar-refractivity contribution in [3.8, 4) is 0 Å². The van der Waals surface area contributed by atoms with Crippen LogP contribution in [0.15, 0.2) is 54.9 Å². The van der Waals surface area contributed by atoms with Gasteiger partial charge < -0.3 is 10.2 Å². The van der Waals surface area contributed by atoms with Crippen molar-refractivity contribution < 1.29 is 4.79 Å².